The number of fused-ring (bicyclic) bond motifs is 2. The molecule has 1 aliphatic carbocycles. The summed E-state index contributed by atoms with van der Waals surface area (Å²) in [6.07, 6.45) is 5.84. The van der Waals surface area contributed by atoms with Gasteiger partial charge in [0.2, 0.25) is 5.91 Å². The summed E-state index contributed by atoms with van der Waals surface area (Å²) in [4.78, 5) is 16.7. The third-order valence-corrected chi connectivity index (χ3v) is 8.03. The van der Waals surface area contributed by atoms with Gasteiger partial charge >= 0.3 is 0 Å². The van der Waals surface area contributed by atoms with Crippen LogP contribution in [0, 0.1) is 5.41 Å². The van der Waals surface area contributed by atoms with Crippen LogP contribution in [-0.2, 0) is 17.6 Å². The number of benzene rings is 2. The van der Waals surface area contributed by atoms with Crippen molar-refractivity contribution in [3.8, 4) is 11.5 Å². The second kappa shape index (κ2) is 7.80. The van der Waals surface area contributed by atoms with Gasteiger partial charge < -0.3 is 19.3 Å². The summed E-state index contributed by atoms with van der Waals surface area (Å²) in [5, 5.41) is 0. The zero-order valence-corrected chi connectivity index (χ0v) is 18.9. The fourth-order valence-electron chi connectivity index (χ4n) is 6.23. The summed E-state index contributed by atoms with van der Waals surface area (Å²) in [7, 11) is 0. The Balaban J connectivity index is 1.19. The summed E-state index contributed by atoms with van der Waals surface area (Å²) < 4.78 is 12.1. The molecule has 3 aliphatic heterocycles. The minimum Gasteiger partial charge on any atom is -0.493 e. The second-order valence-electron chi connectivity index (χ2n) is 9.95. The number of rotatable bonds is 4. The molecular weight excluding hydrogens is 400 g/mol. The molecular formula is C27H32N2O3. The maximum absolute atomic E-state index is 12.1. The van der Waals surface area contributed by atoms with E-state index in [1.54, 1.807) is 6.92 Å². The Morgan fingerprint density at radius 1 is 1.06 bits per heavy atom. The van der Waals surface area contributed by atoms with Gasteiger partial charge in [-0.15, -0.1) is 0 Å². The maximum atomic E-state index is 12.1. The molecule has 5 nitrogen and oxygen atoms in total. The fourth-order valence-corrected chi connectivity index (χ4v) is 6.23. The highest BCUT2D eigenvalue weighted by Gasteiger charge is 2.53. The lowest BCUT2D eigenvalue weighted by Crippen LogP contribution is -2.42. The van der Waals surface area contributed by atoms with Crippen LogP contribution < -0.4 is 14.4 Å². The number of para-hydroxylation sites is 2. The van der Waals surface area contributed by atoms with Gasteiger partial charge in [-0.1, -0.05) is 30.3 Å². The van der Waals surface area contributed by atoms with Crippen LogP contribution in [0.4, 0.5) is 5.69 Å². The number of likely N-dealkylation sites (tertiary alicyclic amines) is 1. The molecule has 0 bridgehead atoms. The van der Waals surface area contributed by atoms with E-state index in [0.29, 0.717) is 24.5 Å². The fraction of sp³-hybridized carbons (Fsp3) is 0.519. The molecule has 4 aliphatic rings. The third-order valence-electron chi connectivity index (χ3n) is 8.03. The molecule has 2 fully saturated rings. The number of nitrogens with zero attached hydrogens (tertiary/aromatic N) is 2. The Hall–Kier alpha value is -2.53. The Bertz CT molecular complexity index is 1050. The number of ether oxygens (including phenoxy) is 2. The van der Waals surface area contributed by atoms with E-state index in [4.69, 9.17) is 9.47 Å². The first-order chi connectivity index (χ1) is 15.6. The monoisotopic (exact) mass is 432 g/mol. The van der Waals surface area contributed by atoms with E-state index < -0.39 is 0 Å². The quantitative estimate of drug-likeness (QED) is 0.727. The van der Waals surface area contributed by atoms with Gasteiger partial charge in [-0.05, 0) is 60.8 Å². The lowest BCUT2D eigenvalue weighted by molar-refractivity contribution is -0.116. The van der Waals surface area contributed by atoms with Gasteiger partial charge in [0.25, 0.3) is 0 Å². The zero-order valence-electron chi connectivity index (χ0n) is 18.9. The molecule has 2 aromatic carbocycles. The Kier molecular flexibility index (Phi) is 4.90. The van der Waals surface area contributed by atoms with Crippen LogP contribution >= 0.6 is 0 Å². The summed E-state index contributed by atoms with van der Waals surface area (Å²) in [6, 6.07) is 13.0. The van der Waals surface area contributed by atoms with E-state index in [-0.39, 0.29) is 5.91 Å². The van der Waals surface area contributed by atoms with Crippen molar-refractivity contribution in [1.29, 1.82) is 0 Å². The molecule has 1 saturated heterocycles. The molecule has 1 atom stereocenters. The van der Waals surface area contributed by atoms with Crippen LogP contribution in [0.5, 0.6) is 11.5 Å². The summed E-state index contributed by atoms with van der Waals surface area (Å²) >= 11 is 0. The molecule has 1 spiro atoms. The molecule has 0 radical (unpaired) electrons. The summed E-state index contributed by atoms with van der Waals surface area (Å²) in [6.45, 7) is 7.06. The van der Waals surface area contributed by atoms with E-state index in [1.807, 2.05) is 11.0 Å². The first-order valence-electron chi connectivity index (χ1n) is 12.1. The summed E-state index contributed by atoms with van der Waals surface area (Å²) in [5.74, 6) is 2.71. The van der Waals surface area contributed by atoms with Crippen molar-refractivity contribution < 1.29 is 14.3 Å². The van der Waals surface area contributed by atoms with Gasteiger partial charge in [-0.2, -0.15) is 0 Å². The number of hydrogen-bond donors (Lipinski definition) is 0. The van der Waals surface area contributed by atoms with E-state index >= 15 is 0 Å². The van der Waals surface area contributed by atoms with Gasteiger partial charge in [0.05, 0.1) is 18.8 Å². The maximum Gasteiger partial charge on any atom is 0.224 e. The van der Waals surface area contributed by atoms with Crippen molar-refractivity contribution in [1.82, 2.24) is 4.90 Å². The van der Waals surface area contributed by atoms with E-state index in [9.17, 15) is 4.79 Å². The highest BCUT2D eigenvalue weighted by atomic mass is 16.5. The average Bonchev–Trinajstić information content (AvgIpc) is 3.38. The highest BCUT2D eigenvalue weighted by molar-refractivity contribution is 5.94. The molecule has 1 amide bonds. The normalized spacial score (nSPS) is 23.3. The van der Waals surface area contributed by atoms with Crippen LogP contribution in [0.3, 0.4) is 0 Å². The molecule has 0 aromatic heterocycles. The molecule has 32 heavy (non-hydrogen) atoms. The molecule has 2 aromatic rings. The number of anilines is 1. The van der Waals surface area contributed by atoms with Crippen LogP contribution in [-0.4, -0.2) is 50.2 Å². The minimum atomic E-state index is 0.0963. The van der Waals surface area contributed by atoms with Crippen molar-refractivity contribution in [2.75, 3.05) is 44.3 Å². The number of hydrogen-bond acceptors (Lipinski definition) is 4. The lowest BCUT2D eigenvalue weighted by atomic mass is 9.77. The van der Waals surface area contributed by atoms with Crippen LogP contribution in [0.2, 0.25) is 0 Å². The molecule has 3 heterocycles. The van der Waals surface area contributed by atoms with E-state index in [2.05, 4.69) is 35.2 Å². The van der Waals surface area contributed by atoms with Crippen LogP contribution in [0.1, 0.15) is 48.8 Å². The Morgan fingerprint density at radius 2 is 1.91 bits per heavy atom. The standard InChI is InChI=1S/C27H32N2O3/c1-19(30)29-15-17-32-26-22(6-3-7-24(26)29)23-9-14-28(18-27(23)11-12-27)13-8-20-4-2-5-21-10-16-31-25(20)21/h2-7,23H,8-18H2,1H3. The second-order valence-corrected chi connectivity index (χ2v) is 9.95. The molecule has 5 heteroatoms. The molecule has 1 unspecified atom stereocenters. The van der Waals surface area contributed by atoms with Crippen molar-refractivity contribution in [3.63, 3.8) is 0 Å². The van der Waals surface area contributed by atoms with Gasteiger partial charge in [0.15, 0.2) is 0 Å². The average molecular weight is 433 g/mol. The SMILES string of the molecule is CC(=O)N1CCOc2c(C3CCN(CCc4cccc5c4OCC5)CC34CC4)cccc21. The lowest BCUT2D eigenvalue weighted by Gasteiger charge is -2.41. The van der Waals surface area contributed by atoms with Crippen LogP contribution in [0.25, 0.3) is 0 Å². The van der Waals surface area contributed by atoms with Crippen molar-refractivity contribution >= 4 is 11.6 Å². The van der Waals surface area contributed by atoms with E-state index in [0.717, 1.165) is 62.7 Å². The van der Waals surface area contributed by atoms with E-state index in [1.165, 1.54) is 29.5 Å². The number of carbonyl (C=O) groups is 1. The van der Waals surface area contributed by atoms with Gasteiger partial charge in [0, 0.05) is 32.0 Å². The predicted octanol–water partition coefficient (Wildman–Crippen LogP) is 4.18. The van der Waals surface area contributed by atoms with Crippen molar-refractivity contribution in [3.05, 3.63) is 53.1 Å². The molecule has 0 N–H and O–H groups in total. The Labute approximate surface area is 190 Å². The Morgan fingerprint density at radius 3 is 2.75 bits per heavy atom. The van der Waals surface area contributed by atoms with Gasteiger partial charge in [-0.3, -0.25) is 4.79 Å². The third kappa shape index (κ3) is 3.38. The van der Waals surface area contributed by atoms with Crippen molar-refractivity contribution in [2.45, 2.75) is 44.9 Å². The predicted molar refractivity (Wildman–Crippen MR) is 125 cm³/mol. The topological polar surface area (TPSA) is 42.0 Å². The number of carbonyl (C=O) groups excluding carboxylic acids is 1. The van der Waals surface area contributed by atoms with Crippen LogP contribution in [0.15, 0.2) is 36.4 Å². The molecule has 1 saturated carbocycles. The highest BCUT2D eigenvalue weighted by Crippen LogP contribution is 2.61. The smallest absolute Gasteiger partial charge is 0.224 e. The minimum absolute atomic E-state index is 0.0963. The summed E-state index contributed by atoms with van der Waals surface area (Å²) in [5.41, 5.74) is 5.37. The number of piperidine rings is 1. The molecule has 168 valence electrons. The largest absolute Gasteiger partial charge is 0.493 e. The first kappa shape index (κ1) is 20.1. The zero-order chi connectivity index (χ0) is 21.7. The first-order valence-corrected chi connectivity index (χ1v) is 12.1. The van der Waals surface area contributed by atoms with Gasteiger partial charge in [-0.25, -0.2) is 0 Å². The number of amides is 1. The van der Waals surface area contributed by atoms with Crippen molar-refractivity contribution in [2.24, 2.45) is 5.41 Å². The van der Waals surface area contributed by atoms with Gasteiger partial charge in [0.1, 0.15) is 18.1 Å². The molecule has 6 rings (SSSR count).